The molecular weight excluding hydrogens is 288 g/mol. The van der Waals surface area contributed by atoms with Crippen molar-refractivity contribution in [3.63, 3.8) is 0 Å². The average molecular weight is 304 g/mol. The summed E-state index contributed by atoms with van der Waals surface area (Å²) >= 11 is 1.50. The highest BCUT2D eigenvalue weighted by atomic mass is 32.2. The number of aliphatic carboxylic acids is 1. The smallest absolute Gasteiger partial charge is 0.326 e. The first-order valence-electron chi connectivity index (χ1n) is 6.28. The van der Waals surface area contributed by atoms with Gasteiger partial charge in [0, 0.05) is 0 Å². The summed E-state index contributed by atoms with van der Waals surface area (Å²) in [7, 11) is 0. The number of amides is 1. The summed E-state index contributed by atoms with van der Waals surface area (Å²) in [4.78, 5) is 23.1. The van der Waals surface area contributed by atoms with Gasteiger partial charge in [-0.05, 0) is 30.1 Å². The minimum Gasteiger partial charge on any atom is -0.480 e. The summed E-state index contributed by atoms with van der Waals surface area (Å²) in [6, 6.07) is 9.73. The predicted molar refractivity (Wildman–Crippen MR) is 82.6 cm³/mol. The van der Waals surface area contributed by atoms with Gasteiger partial charge < -0.3 is 10.4 Å². The van der Waals surface area contributed by atoms with E-state index in [9.17, 15) is 9.59 Å². The van der Waals surface area contributed by atoms with E-state index in [-0.39, 0.29) is 5.57 Å². The third kappa shape index (κ3) is 5.71. The van der Waals surface area contributed by atoms with Gasteiger partial charge in [-0.2, -0.15) is 17.0 Å². The summed E-state index contributed by atoms with van der Waals surface area (Å²) in [6.07, 6.45) is 3.60. The lowest BCUT2D eigenvalue weighted by Crippen LogP contribution is -2.41. The number of carboxylic acids is 1. The molecule has 0 radical (unpaired) electrons. The van der Waals surface area contributed by atoms with Gasteiger partial charge in [-0.25, -0.2) is 4.79 Å². The molecule has 0 fully saturated rings. The van der Waals surface area contributed by atoms with Crippen molar-refractivity contribution in [1.29, 1.82) is 5.26 Å². The molecular formula is C15H16N2O3S. The fourth-order valence-corrected chi connectivity index (χ4v) is 2.07. The second-order valence-electron chi connectivity index (χ2n) is 4.23. The Labute approximate surface area is 127 Å². The quantitative estimate of drug-likeness (QED) is 0.593. The zero-order valence-corrected chi connectivity index (χ0v) is 12.4. The lowest BCUT2D eigenvalue weighted by Gasteiger charge is -2.13. The fraction of sp³-hybridized carbons (Fsp3) is 0.267. The Morgan fingerprint density at radius 2 is 2.10 bits per heavy atom. The van der Waals surface area contributed by atoms with Crippen LogP contribution in [0.25, 0.3) is 6.08 Å². The Morgan fingerprint density at radius 3 is 2.62 bits per heavy atom. The van der Waals surface area contributed by atoms with Gasteiger partial charge >= 0.3 is 5.97 Å². The van der Waals surface area contributed by atoms with Gasteiger partial charge in [0.15, 0.2) is 0 Å². The first kappa shape index (κ1) is 16.8. The highest BCUT2D eigenvalue weighted by Gasteiger charge is 2.21. The molecule has 1 amide bonds. The number of carbonyl (C=O) groups excluding carboxylic acids is 1. The Hall–Kier alpha value is -2.26. The number of carboxylic acid groups (broad SMARTS) is 1. The van der Waals surface area contributed by atoms with Crippen LogP contribution in [0.4, 0.5) is 0 Å². The fourth-order valence-electron chi connectivity index (χ4n) is 1.59. The van der Waals surface area contributed by atoms with Crippen molar-refractivity contribution < 1.29 is 14.7 Å². The Bertz CT molecular complexity index is 564. The first-order valence-corrected chi connectivity index (χ1v) is 7.67. The second kappa shape index (κ2) is 8.82. The standard InChI is InChI=1S/C15H16N2O3S/c1-21-8-7-13(15(19)20)17-14(18)12(10-16)9-11-5-3-2-4-6-11/h2-6,9,13H,7-8H2,1H3,(H,17,18)(H,19,20)/b12-9-. The number of hydrogen-bond donors (Lipinski definition) is 2. The van der Waals surface area contributed by atoms with E-state index in [1.165, 1.54) is 17.8 Å². The van der Waals surface area contributed by atoms with Crippen LogP contribution in [0.15, 0.2) is 35.9 Å². The molecule has 110 valence electrons. The monoisotopic (exact) mass is 304 g/mol. The summed E-state index contributed by atoms with van der Waals surface area (Å²) in [5.41, 5.74) is 0.594. The Morgan fingerprint density at radius 1 is 1.43 bits per heavy atom. The molecule has 2 N–H and O–H groups in total. The number of carbonyl (C=O) groups is 2. The van der Waals surface area contributed by atoms with Gasteiger partial charge in [0.05, 0.1) is 0 Å². The summed E-state index contributed by atoms with van der Waals surface area (Å²) in [5, 5.41) is 20.5. The van der Waals surface area contributed by atoms with E-state index in [1.807, 2.05) is 12.3 Å². The first-order chi connectivity index (χ1) is 10.1. The van der Waals surface area contributed by atoms with E-state index in [0.717, 1.165) is 0 Å². The van der Waals surface area contributed by atoms with Gasteiger partial charge in [0.2, 0.25) is 0 Å². The van der Waals surface area contributed by atoms with Gasteiger partial charge in [-0.1, -0.05) is 30.3 Å². The number of nitrogens with zero attached hydrogens (tertiary/aromatic N) is 1. The van der Waals surface area contributed by atoms with Gasteiger partial charge in [-0.15, -0.1) is 0 Å². The zero-order chi connectivity index (χ0) is 15.7. The highest BCUT2D eigenvalue weighted by Crippen LogP contribution is 2.08. The summed E-state index contributed by atoms with van der Waals surface area (Å²) in [6.45, 7) is 0. The Balaban J connectivity index is 2.82. The Kier molecular flexibility index (Phi) is 7.05. The molecule has 0 saturated heterocycles. The number of nitriles is 1. The van der Waals surface area contributed by atoms with Gasteiger partial charge in [0.25, 0.3) is 5.91 Å². The van der Waals surface area contributed by atoms with Crippen LogP contribution in [0, 0.1) is 11.3 Å². The molecule has 1 aromatic carbocycles. The van der Waals surface area contributed by atoms with Crippen LogP contribution in [0.1, 0.15) is 12.0 Å². The molecule has 0 spiro atoms. The number of nitrogens with one attached hydrogen (secondary N) is 1. The third-order valence-electron chi connectivity index (χ3n) is 2.69. The minimum absolute atomic E-state index is 0.114. The van der Waals surface area contributed by atoms with Gasteiger partial charge in [0.1, 0.15) is 17.7 Å². The normalized spacial score (nSPS) is 12.3. The minimum atomic E-state index is -1.10. The highest BCUT2D eigenvalue weighted by molar-refractivity contribution is 7.98. The van der Waals surface area contributed by atoms with Crippen LogP contribution in [0.5, 0.6) is 0 Å². The molecule has 0 bridgehead atoms. The third-order valence-corrected chi connectivity index (χ3v) is 3.33. The SMILES string of the molecule is CSCCC(NC(=O)/C(C#N)=C\c1ccccc1)C(=O)O. The molecule has 0 aliphatic carbocycles. The molecule has 0 aliphatic rings. The van der Waals surface area contributed by atoms with Crippen molar-refractivity contribution in [3.8, 4) is 6.07 Å². The van der Waals surface area contributed by atoms with Crippen molar-refractivity contribution in [2.45, 2.75) is 12.5 Å². The number of rotatable bonds is 7. The van der Waals surface area contributed by atoms with Crippen molar-refractivity contribution in [1.82, 2.24) is 5.32 Å². The summed E-state index contributed by atoms with van der Waals surface area (Å²) in [5.74, 6) is -1.16. The largest absolute Gasteiger partial charge is 0.480 e. The maximum Gasteiger partial charge on any atom is 0.326 e. The van der Waals surface area contributed by atoms with Crippen molar-refractivity contribution >= 4 is 29.7 Å². The van der Waals surface area contributed by atoms with E-state index in [0.29, 0.717) is 17.7 Å². The molecule has 1 atom stereocenters. The van der Waals surface area contributed by atoms with Crippen LogP contribution in [0.3, 0.4) is 0 Å². The molecule has 0 saturated carbocycles. The molecule has 0 heterocycles. The van der Waals surface area contributed by atoms with Crippen LogP contribution >= 0.6 is 11.8 Å². The van der Waals surface area contributed by atoms with Crippen molar-refractivity contribution in [2.75, 3.05) is 12.0 Å². The molecule has 1 aromatic rings. The van der Waals surface area contributed by atoms with Crippen molar-refractivity contribution in [3.05, 3.63) is 41.5 Å². The van der Waals surface area contributed by atoms with Gasteiger partial charge in [-0.3, -0.25) is 4.79 Å². The zero-order valence-electron chi connectivity index (χ0n) is 11.6. The van der Waals surface area contributed by atoms with Crippen molar-refractivity contribution in [2.24, 2.45) is 0 Å². The molecule has 1 rings (SSSR count). The van der Waals surface area contributed by atoms with Crippen LogP contribution < -0.4 is 5.32 Å². The van der Waals surface area contributed by atoms with E-state index < -0.39 is 17.9 Å². The molecule has 1 unspecified atom stereocenters. The van der Waals surface area contributed by atoms with E-state index >= 15 is 0 Å². The van der Waals surface area contributed by atoms with Crippen LogP contribution in [-0.2, 0) is 9.59 Å². The molecule has 5 nitrogen and oxygen atoms in total. The predicted octanol–water partition coefficient (Wildman–Crippen LogP) is 1.92. The maximum absolute atomic E-state index is 12.0. The van der Waals surface area contributed by atoms with E-state index in [4.69, 9.17) is 10.4 Å². The molecule has 21 heavy (non-hydrogen) atoms. The second-order valence-corrected chi connectivity index (χ2v) is 5.21. The maximum atomic E-state index is 12.0. The molecule has 6 heteroatoms. The number of hydrogen-bond acceptors (Lipinski definition) is 4. The lowest BCUT2D eigenvalue weighted by molar-refractivity contribution is -0.141. The lowest BCUT2D eigenvalue weighted by atomic mass is 10.1. The summed E-state index contributed by atoms with van der Waals surface area (Å²) < 4.78 is 0. The molecule has 0 aliphatic heterocycles. The topological polar surface area (TPSA) is 90.2 Å². The average Bonchev–Trinajstić information content (AvgIpc) is 2.49. The van der Waals surface area contributed by atoms with Crippen LogP contribution in [0.2, 0.25) is 0 Å². The molecule has 0 aromatic heterocycles. The number of thioether (sulfide) groups is 1. The van der Waals surface area contributed by atoms with E-state index in [1.54, 1.807) is 30.3 Å². The van der Waals surface area contributed by atoms with Crippen LogP contribution in [-0.4, -0.2) is 35.0 Å². The number of benzene rings is 1. The van der Waals surface area contributed by atoms with E-state index in [2.05, 4.69) is 5.32 Å².